The summed E-state index contributed by atoms with van der Waals surface area (Å²) in [6, 6.07) is 3.45. The van der Waals surface area contributed by atoms with Crippen molar-refractivity contribution in [1.82, 2.24) is 13.1 Å². The van der Waals surface area contributed by atoms with E-state index in [4.69, 9.17) is 0 Å². The Kier molecular flexibility index (Phi) is 6.48. The van der Waals surface area contributed by atoms with Gasteiger partial charge in [0.25, 0.3) is 10.0 Å². The van der Waals surface area contributed by atoms with E-state index in [1.54, 1.807) is 11.3 Å². The van der Waals surface area contributed by atoms with Gasteiger partial charge in [-0.15, -0.1) is 27.0 Å². The fourth-order valence-electron chi connectivity index (χ4n) is 3.34. The number of nitrogens with one attached hydrogen (secondary N) is 2. The average Bonchev–Trinajstić information content (AvgIpc) is 3.49. The molecule has 2 unspecified atom stereocenters. The maximum atomic E-state index is 13.0. The minimum Gasteiger partial charge on any atom is -0.548 e. The molecule has 0 amide bonds. The molecule has 4 N–H and O–H groups in total. The van der Waals surface area contributed by atoms with Gasteiger partial charge in [0.05, 0.1) is 18.8 Å². The third-order valence-corrected chi connectivity index (χ3v) is 9.98. The van der Waals surface area contributed by atoms with Crippen LogP contribution < -0.4 is 10.8 Å². The first-order valence-electron chi connectivity index (χ1n) is 9.37. The largest absolute Gasteiger partial charge is 0.548 e. The van der Waals surface area contributed by atoms with Crippen LogP contribution in [0.4, 0.5) is 11.5 Å². The molecule has 1 aliphatic rings. The lowest BCUT2D eigenvalue weighted by Crippen LogP contribution is -2.37. The molecule has 31 heavy (non-hydrogen) atoms. The van der Waals surface area contributed by atoms with Crippen LogP contribution in [0.1, 0.15) is 22.6 Å². The number of sulfonamides is 1. The number of aromatic nitrogens is 2. The Morgan fingerprint density at radius 1 is 1.48 bits per heavy atom. The van der Waals surface area contributed by atoms with Gasteiger partial charge in [0, 0.05) is 32.1 Å². The van der Waals surface area contributed by atoms with E-state index in [0.717, 1.165) is 21.1 Å². The second-order valence-electron chi connectivity index (χ2n) is 6.97. The zero-order valence-corrected chi connectivity index (χ0v) is 19.7. The topological polar surface area (TPSA) is 154 Å². The molecule has 2 atom stereocenters. The number of aryl methyl sites for hydroxylation is 1. The standard InChI is InChI=1S/C17H21N5O5S4/c1-10-4-5-12(29-10)7-18-15-16(21-30(25)20-15)19-13-9-28-17(14(13)24)31(26,27)22-6-2-3-11(22)8-23/h4-5,9,11,23-24H,2-3,6-8H2,1H3,(H,18,20)(H,19,21). The predicted molar refractivity (Wildman–Crippen MR) is 119 cm³/mol. The number of hydrogen-bond donors (Lipinski definition) is 4. The number of rotatable bonds is 7. The second-order valence-corrected chi connectivity index (χ2v) is 12.2. The third-order valence-electron chi connectivity index (χ3n) is 4.83. The highest BCUT2D eigenvalue weighted by Gasteiger charge is 2.38. The van der Waals surface area contributed by atoms with E-state index < -0.39 is 33.0 Å². The van der Waals surface area contributed by atoms with E-state index in [9.17, 15) is 23.2 Å². The number of aliphatic hydroxyl groups excluding tert-OH is 1. The van der Waals surface area contributed by atoms with Gasteiger partial charge in [-0.25, -0.2) is 8.42 Å². The number of aromatic amines is 1. The molecule has 0 aliphatic carbocycles. The maximum Gasteiger partial charge on any atom is 0.256 e. The Bertz CT molecular complexity index is 1240. The molecule has 14 heteroatoms. The molecule has 168 valence electrons. The zero-order chi connectivity index (χ0) is 22.2. The molecular weight excluding hydrogens is 482 g/mol. The summed E-state index contributed by atoms with van der Waals surface area (Å²) in [7, 11) is -3.95. The summed E-state index contributed by atoms with van der Waals surface area (Å²) in [4.78, 5) is 6.58. The lowest BCUT2D eigenvalue weighted by molar-refractivity contribution is 0.213. The molecule has 1 aliphatic heterocycles. The highest BCUT2D eigenvalue weighted by Crippen LogP contribution is 2.41. The second kappa shape index (κ2) is 8.97. The van der Waals surface area contributed by atoms with Gasteiger partial charge in [0.15, 0.2) is 21.1 Å². The molecule has 0 spiro atoms. The molecule has 3 aromatic rings. The van der Waals surface area contributed by atoms with Crippen molar-refractivity contribution >= 4 is 55.3 Å². The van der Waals surface area contributed by atoms with Crippen molar-refractivity contribution < 1.29 is 23.2 Å². The van der Waals surface area contributed by atoms with Crippen molar-refractivity contribution in [3.05, 3.63) is 32.8 Å². The van der Waals surface area contributed by atoms with E-state index in [0.29, 0.717) is 25.9 Å². The van der Waals surface area contributed by atoms with Gasteiger partial charge in [-0.1, -0.05) is 0 Å². The minimum absolute atomic E-state index is 0.127. The van der Waals surface area contributed by atoms with E-state index >= 15 is 0 Å². The van der Waals surface area contributed by atoms with Crippen LogP contribution in [0, 0.1) is 6.92 Å². The molecule has 1 fully saturated rings. The molecule has 0 bridgehead atoms. The zero-order valence-electron chi connectivity index (χ0n) is 16.4. The first-order chi connectivity index (χ1) is 14.8. The summed E-state index contributed by atoms with van der Waals surface area (Å²) in [6.07, 6.45) is 1.23. The lowest BCUT2D eigenvalue weighted by atomic mass is 10.2. The monoisotopic (exact) mass is 503 g/mol. The Labute approximate surface area is 189 Å². The van der Waals surface area contributed by atoms with Crippen LogP contribution in [0.25, 0.3) is 0 Å². The van der Waals surface area contributed by atoms with Crippen molar-refractivity contribution in [1.29, 1.82) is 0 Å². The van der Waals surface area contributed by atoms with Crippen LogP contribution in [0.15, 0.2) is 26.7 Å². The Hall–Kier alpha value is -1.81. The smallest absolute Gasteiger partial charge is 0.256 e. The first kappa shape index (κ1) is 22.4. The van der Waals surface area contributed by atoms with Gasteiger partial charge >= 0.3 is 0 Å². The van der Waals surface area contributed by atoms with Crippen LogP contribution in [-0.4, -0.2) is 55.4 Å². The molecule has 3 aromatic heterocycles. The van der Waals surface area contributed by atoms with Crippen LogP contribution in [0.3, 0.4) is 0 Å². The summed E-state index contributed by atoms with van der Waals surface area (Å²) in [5.41, 5.74) is 0.390. The predicted octanol–water partition coefficient (Wildman–Crippen LogP) is 2.26. The molecule has 0 saturated carbocycles. The quantitative estimate of drug-likeness (QED) is 0.361. The van der Waals surface area contributed by atoms with E-state index in [1.807, 2.05) is 19.1 Å². The average molecular weight is 504 g/mol. The molecule has 4 heterocycles. The third kappa shape index (κ3) is 4.55. The molecular formula is C17H21N5O5S4. The van der Waals surface area contributed by atoms with Crippen LogP contribution in [0.2, 0.25) is 0 Å². The molecule has 0 radical (unpaired) electrons. The van der Waals surface area contributed by atoms with Gasteiger partial charge in [-0.3, -0.25) is 4.99 Å². The lowest BCUT2D eigenvalue weighted by Gasteiger charge is -2.21. The van der Waals surface area contributed by atoms with Crippen molar-refractivity contribution in [3.63, 3.8) is 0 Å². The van der Waals surface area contributed by atoms with E-state index in [2.05, 4.69) is 19.1 Å². The van der Waals surface area contributed by atoms with Crippen molar-refractivity contribution in [2.24, 2.45) is 4.99 Å². The fraction of sp³-hybridized carbons (Fsp3) is 0.412. The molecule has 10 nitrogen and oxygen atoms in total. The summed E-state index contributed by atoms with van der Waals surface area (Å²) < 4.78 is 45.4. The fourth-order valence-corrected chi connectivity index (χ4v) is 7.87. The SMILES string of the molecule is Cc1ccc(CN=c2[nH][s+]([O-])nc2Nc2csc(S(=O)(=O)N3CCCC3CO)c2O)s1. The number of H-pyrrole nitrogens is 1. The number of nitrogens with zero attached hydrogens (tertiary/aromatic N) is 3. The summed E-state index contributed by atoms with van der Waals surface area (Å²) in [5.74, 6) is -0.291. The van der Waals surface area contributed by atoms with Crippen molar-refractivity contribution in [3.8, 4) is 5.75 Å². The number of hydrogen-bond acceptors (Lipinski definition) is 10. The maximum absolute atomic E-state index is 13.0. The highest BCUT2D eigenvalue weighted by atomic mass is 32.2. The van der Waals surface area contributed by atoms with Gasteiger partial charge in [0.2, 0.25) is 11.3 Å². The van der Waals surface area contributed by atoms with E-state index in [-0.39, 0.29) is 27.8 Å². The van der Waals surface area contributed by atoms with Gasteiger partial charge in [-0.05, 0) is 31.9 Å². The number of thiophene rings is 2. The van der Waals surface area contributed by atoms with Crippen molar-refractivity contribution in [2.45, 2.75) is 36.6 Å². The summed E-state index contributed by atoms with van der Waals surface area (Å²) in [5, 5.41) is 24.3. The van der Waals surface area contributed by atoms with Gasteiger partial charge < -0.3 is 20.1 Å². The summed E-state index contributed by atoms with van der Waals surface area (Å²) in [6.45, 7) is 2.39. The molecule has 0 aromatic carbocycles. The first-order valence-corrected chi connectivity index (χ1v) is 13.6. The number of anilines is 2. The normalized spacial score (nSPS) is 18.7. The van der Waals surface area contributed by atoms with Gasteiger partial charge in [0.1, 0.15) is 0 Å². The Morgan fingerprint density at radius 3 is 3.00 bits per heavy atom. The van der Waals surface area contributed by atoms with Crippen LogP contribution in [-0.2, 0) is 16.6 Å². The number of aromatic hydroxyl groups is 1. The van der Waals surface area contributed by atoms with E-state index in [1.165, 1.54) is 9.69 Å². The number of aliphatic hydroxyl groups is 1. The van der Waals surface area contributed by atoms with Crippen molar-refractivity contribution in [2.75, 3.05) is 18.5 Å². The summed E-state index contributed by atoms with van der Waals surface area (Å²) >= 11 is 0.750. The highest BCUT2D eigenvalue weighted by molar-refractivity contribution is 7.91. The Morgan fingerprint density at radius 2 is 2.29 bits per heavy atom. The molecule has 4 rings (SSSR count). The van der Waals surface area contributed by atoms with Gasteiger partial charge in [-0.2, -0.15) is 4.31 Å². The Balaban J connectivity index is 1.60. The van der Waals surface area contributed by atoms with Crippen LogP contribution >= 0.6 is 33.8 Å². The molecule has 1 saturated heterocycles. The van der Waals surface area contributed by atoms with Crippen LogP contribution in [0.5, 0.6) is 5.75 Å². The minimum atomic E-state index is -3.95.